The molecular weight excluding hydrogens is 400 g/mol. The van der Waals surface area contributed by atoms with E-state index in [4.69, 9.17) is 0 Å². The summed E-state index contributed by atoms with van der Waals surface area (Å²) in [6.45, 7) is 1.85. The Kier molecular flexibility index (Phi) is 5.97. The summed E-state index contributed by atoms with van der Waals surface area (Å²) >= 11 is 3.41. The standard InChI is InChI=1S/C22H18N4OS2/c1-15(17-10-12-23-13-11-17)25-26-21(27)18-8-6-16(7-9-18)14-28-22-24-19-4-2-3-5-20(19)29-22/h2-13H,14H2,1H3,(H,26,27). The van der Waals surface area contributed by atoms with Gasteiger partial charge in [-0.3, -0.25) is 9.78 Å². The van der Waals surface area contributed by atoms with Gasteiger partial charge in [-0.15, -0.1) is 11.3 Å². The Balaban J connectivity index is 1.35. The summed E-state index contributed by atoms with van der Waals surface area (Å²) in [5.74, 6) is 0.574. The van der Waals surface area contributed by atoms with Gasteiger partial charge in [-0.2, -0.15) is 5.10 Å². The van der Waals surface area contributed by atoms with Crippen LogP contribution in [0.25, 0.3) is 10.2 Å². The van der Waals surface area contributed by atoms with Crippen LogP contribution in [0.2, 0.25) is 0 Å². The number of para-hydroxylation sites is 1. The number of thiazole rings is 1. The summed E-state index contributed by atoms with van der Waals surface area (Å²) < 4.78 is 2.25. The van der Waals surface area contributed by atoms with Crippen molar-refractivity contribution < 1.29 is 4.79 Å². The Bertz CT molecular complexity index is 1120. The molecule has 4 rings (SSSR count). The molecule has 0 aliphatic carbocycles. The number of nitrogens with zero attached hydrogens (tertiary/aromatic N) is 3. The summed E-state index contributed by atoms with van der Waals surface area (Å²) in [5, 5.41) is 4.17. The molecule has 0 aliphatic heterocycles. The summed E-state index contributed by atoms with van der Waals surface area (Å²) in [7, 11) is 0. The second-order valence-corrected chi connectivity index (χ2v) is 8.56. The van der Waals surface area contributed by atoms with Gasteiger partial charge in [0.1, 0.15) is 0 Å². The molecule has 2 aromatic heterocycles. The van der Waals surface area contributed by atoms with Crippen molar-refractivity contribution in [2.24, 2.45) is 5.10 Å². The van der Waals surface area contributed by atoms with Gasteiger partial charge >= 0.3 is 0 Å². The van der Waals surface area contributed by atoms with E-state index in [2.05, 4.69) is 26.6 Å². The Morgan fingerprint density at radius 1 is 1.03 bits per heavy atom. The molecule has 0 saturated carbocycles. The lowest BCUT2D eigenvalue weighted by molar-refractivity contribution is 0.0955. The average molecular weight is 419 g/mol. The van der Waals surface area contributed by atoms with Crippen LogP contribution < -0.4 is 5.43 Å². The zero-order valence-electron chi connectivity index (χ0n) is 15.7. The maximum absolute atomic E-state index is 12.3. The molecule has 1 N–H and O–H groups in total. The van der Waals surface area contributed by atoms with Gasteiger partial charge in [-0.25, -0.2) is 10.4 Å². The highest BCUT2D eigenvalue weighted by Gasteiger charge is 2.07. The van der Waals surface area contributed by atoms with Crippen LogP contribution in [0.1, 0.15) is 28.4 Å². The number of hydrogen-bond donors (Lipinski definition) is 1. The number of aromatic nitrogens is 2. The fourth-order valence-corrected chi connectivity index (χ4v) is 4.69. The maximum atomic E-state index is 12.3. The van der Waals surface area contributed by atoms with E-state index in [0.717, 1.165) is 32.4 Å². The second kappa shape index (κ2) is 8.98. The third-order valence-corrected chi connectivity index (χ3v) is 6.53. The minimum absolute atomic E-state index is 0.233. The van der Waals surface area contributed by atoms with E-state index in [-0.39, 0.29) is 5.91 Å². The molecule has 4 aromatic rings. The molecule has 0 radical (unpaired) electrons. The molecule has 0 atom stereocenters. The molecule has 0 aliphatic rings. The van der Waals surface area contributed by atoms with E-state index in [0.29, 0.717) is 5.56 Å². The van der Waals surface area contributed by atoms with Gasteiger partial charge in [0.15, 0.2) is 4.34 Å². The number of pyridine rings is 1. The molecule has 0 spiro atoms. The van der Waals surface area contributed by atoms with E-state index in [9.17, 15) is 4.79 Å². The lowest BCUT2D eigenvalue weighted by Crippen LogP contribution is -2.19. The van der Waals surface area contributed by atoms with E-state index in [1.165, 1.54) is 4.70 Å². The third kappa shape index (κ3) is 4.88. The SMILES string of the molecule is CC(=NNC(=O)c1ccc(CSc2nc3ccccc3s2)cc1)c1ccncc1. The number of thioether (sulfide) groups is 1. The molecular formula is C22H18N4OS2. The number of amides is 1. The first-order valence-corrected chi connectivity index (χ1v) is 10.8. The first-order chi connectivity index (χ1) is 14.2. The molecule has 2 aromatic carbocycles. The molecule has 7 heteroatoms. The molecule has 29 heavy (non-hydrogen) atoms. The van der Waals surface area contributed by atoms with Crippen LogP contribution in [0.3, 0.4) is 0 Å². The van der Waals surface area contributed by atoms with E-state index in [1.807, 2.05) is 61.5 Å². The average Bonchev–Trinajstić information content (AvgIpc) is 3.20. The van der Waals surface area contributed by atoms with Crippen LogP contribution >= 0.6 is 23.1 Å². The summed E-state index contributed by atoms with van der Waals surface area (Å²) in [5.41, 5.74) is 7.00. The largest absolute Gasteiger partial charge is 0.271 e. The van der Waals surface area contributed by atoms with Gasteiger partial charge in [0.05, 0.1) is 15.9 Å². The van der Waals surface area contributed by atoms with Gasteiger partial charge in [-0.1, -0.05) is 36.0 Å². The third-order valence-electron chi connectivity index (χ3n) is 4.28. The molecule has 1 amide bonds. The van der Waals surface area contributed by atoms with Crippen molar-refractivity contribution in [3.05, 3.63) is 89.7 Å². The van der Waals surface area contributed by atoms with E-state index >= 15 is 0 Å². The first-order valence-electron chi connectivity index (χ1n) is 9.01. The predicted molar refractivity (Wildman–Crippen MR) is 120 cm³/mol. The number of carbonyl (C=O) groups excluding carboxylic acids is 1. The van der Waals surface area contributed by atoms with Gasteiger partial charge in [0, 0.05) is 29.3 Å². The van der Waals surface area contributed by atoms with Crippen molar-refractivity contribution in [1.29, 1.82) is 0 Å². The van der Waals surface area contributed by atoms with Gasteiger partial charge in [-0.05, 0) is 48.9 Å². The van der Waals surface area contributed by atoms with E-state index < -0.39 is 0 Å². The first kappa shape index (κ1) is 19.3. The van der Waals surface area contributed by atoms with Crippen LogP contribution in [0.15, 0.2) is 82.5 Å². The van der Waals surface area contributed by atoms with Gasteiger partial charge in [0.2, 0.25) is 0 Å². The van der Waals surface area contributed by atoms with Crippen LogP contribution in [-0.4, -0.2) is 21.6 Å². The molecule has 144 valence electrons. The quantitative estimate of drug-likeness (QED) is 0.268. The van der Waals surface area contributed by atoms with E-state index in [1.54, 1.807) is 35.5 Å². The Morgan fingerprint density at radius 2 is 1.79 bits per heavy atom. The van der Waals surface area contributed by atoms with Crippen LogP contribution in [0.4, 0.5) is 0 Å². The highest BCUT2D eigenvalue weighted by Crippen LogP contribution is 2.31. The summed E-state index contributed by atoms with van der Waals surface area (Å²) in [4.78, 5) is 20.9. The molecule has 0 unspecified atom stereocenters. The molecule has 0 fully saturated rings. The predicted octanol–water partition coefficient (Wildman–Crippen LogP) is 5.14. The molecule has 5 nitrogen and oxygen atoms in total. The molecule has 0 saturated heterocycles. The Labute approximate surface area is 176 Å². The van der Waals surface area contributed by atoms with Gasteiger partial charge in [0.25, 0.3) is 5.91 Å². The van der Waals surface area contributed by atoms with Crippen molar-refractivity contribution in [3.63, 3.8) is 0 Å². The fraction of sp³-hybridized carbons (Fsp3) is 0.0909. The van der Waals surface area contributed by atoms with Crippen LogP contribution in [-0.2, 0) is 5.75 Å². The summed E-state index contributed by atoms with van der Waals surface area (Å²) in [6, 6.07) is 19.4. The number of hydrogen-bond acceptors (Lipinski definition) is 6. The van der Waals surface area contributed by atoms with Crippen molar-refractivity contribution in [2.75, 3.05) is 0 Å². The minimum Gasteiger partial charge on any atom is -0.267 e. The number of nitrogens with one attached hydrogen (secondary N) is 1. The van der Waals surface area contributed by atoms with Crippen molar-refractivity contribution in [1.82, 2.24) is 15.4 Å². The zero-order valence-corrected chi connectivity index (χ0v) is 17.3. The number of carbonyl (C=O) groups is 1. The summed E-state index contributed by atoms with van der Waals surface area (Å²) in [6.07, 6.45) is 3.39. The molecule has 0 bridgehead atoms. The second-order valence-electron chi connectivity index (χ2n) is 6.31. The zero-order chi connectivity index (χ0) is 20.1. The number of fused-ring (bicyclic) bond motifs is 1. The monoisotopic (exact) mass is 418 g/mol. The fourth-order valence-electron chi connectivity index (χ4n) is 2.67. The molecule has 2 heterocycles. The highest BCUT2D eigenvalue weighted by atomic mass is 32.2. The maximum Gasteiger partial charge on any atom is 0.271 e. The van der Waals surface area contributed by atoms with Crippen molar-refractivity contribution >= 4 is 44.9 Å². The van der Waals surface area contributed by atoms with Crippen molar-refractivity contribution in [3.8, 4) is 0 Å². The highest BCUT2D eigenvalue weighted by molar-refractivity contribution is 8.00. The number of hydrazone groups is 1. The smallest absolute Gasteiger partial charge is 0.267 e. The lowest BCUT2D eigenvalue weighted by Gasteiger charge is -2.04. The normalized spacial score (nSPS) is 11.6. The minimum atomic E-state index is -0.233. The number of benzene rings is 2. The lowest BCUT2D eigenvalue weighted by atomic mass is 10.1. The van der Waals surface area contributed by atoms with Crippen molar-refractivity contribution in [2.45, 2.75) is 17.0 Å². The van der Waals surface area contributed by atoms with Crippen LogP contribution in [0.5, 0.6) is 0 Å². The van der Waals surface area contributed by atoms with Crippen LogP contribution in [0, 0.1) is 0 Å². The Hall–Kier alpha value is -3.03. The topological polar surface area (TPSA) is 67.2 Å². The van der Waals surface area contributed by atoms with Gasteiger partial charge < -0.3 is 0 Å². The Morgan fingerprint density at radius 3 is 2.55 bits per heavy atom. The number of rotatable bonds is 6.